The molecule has 2 heterocycles. The van der Waals surface area contributed by atoms with Crippen LogP contribution in [0.4, 0.5) is 0 Å². The maximum atomic E-state index is 4.34. The van der Waals surface area contributed by atoms with Crippen LogP contribution in [-0.4, -0.2) is 26.3 Å². The predicted octanol–water partition coefficient (Wildman–Crippen LogP) is 1.72. The van der Waals surface area contributed by atoms with Crippen molar-refractivity contribution in [1.82, 2.24) is 25.1 Å². The summed E-state index contributed by atoms with van der Waals surface area (Å²) in [6.45, 7) is 5.91. The van der Waals surface area contributed by atoms with Gasteiger partial charge in [-0.15, -0.1) is 5.10 Å². The number of aryl methyl sites for hydroxylation is 1. The van der Waals surface area contributed by atoms with Gasteiger partial charge in [0.05, 0.1) is 5.69 Å². The zero-order chi connectivity index (χ0) is 12.8. The van der Waals surface area contributed by atoms with Crippen LogP contribution in [0, 0.1) is 0 Å². The maximum absolute atomic E-state index is 4.34. The molecule has 18 heavy (non-hydrogen) atoms. The number of hydrogen-bond acceptors (Lipinski definition) is 4. The quantitative estimate of drug-likeness (QED) is 0.842. The van der Waals surface area contributed by atoms with Crippen LogP contribution in [0.15, 0.2) is 24.5 Å². The molecule has 2 rings (SSSR count). The second kappa shape index (κ2) is 6.26. The summed E-state index contributed by atoms with van der Waals surface area (Å²) in [5, 5.41) is 11.7. The molecule has 5 heteroatoms. The molecule has 0 spiro atoms. The molecular weight excluding hydrogens is 226 g/mol. The van der Waals surface area contributed by atoms with Crippen LogP contribution in [0.5, 0.6) is 0 Å². The molecule has 0 atom stereocenters. The molecule has 0 aliphatic rings. The summed E-state index contributed by atoms with van der Waals surface area (Å²) in [7, 11) is 0. The van der Waals surface area contributed by atoms with Crippen molar-refractivity contribution < 1.29 is 0 Å². The second-order valence-corrected chi connectivity index (χ2v) is 4.13. The Morgan fingerprint density at radius 1 is 1.22 bits per heavy atom. The Kier molecular flexibility index (Phi) is 4.41. The van der Waals surface area contributed by atoms with E-state index in [4.69, 9.17) is 0 Å². The zero-order valence-corrected chi connectivity index (χ0v) is 10.9. The van der Waals surface area contributed by atoms with Crippen LogP contribution in [-0.2, 0) is 13.0 Å². The molecule has 0 fully saturated rings. The Morgan fingerprint density at radius 2 is 2.11 bits per heavy atom. The lowest BCUT2D eigenvalue weighted by atomic mass is 10.3. The SMILES string of the molecule is CCCc1nccn1-c1ccc(CNCC)nn1. The summed E-state index contributed by atoms with van der Waals surface area (Å²) in [6, 6.07) is 3.99. The minimum absolute atomic E-state index is 0.759. The average molecular weight is 245 g/mol. The van der Waals surface area contributed by atoms with Gasteiger partial charge in [0, 0.05) is 25.4 Å². The Bertz CT molecular complexity index is 474. The third-order valence-electron chi connectivity index (χ3n) is 2.70. The van der Waals surface area contributed by atoms with E-state index in [1.165, 1.54) is 0 Å². The van der Waals surface area contributed by atoms with Gasteiger partial charge < -0.3 is 5.32 Å². The fraction of sp³-hybridized carbons (Fsp3) is 0.462. The van der Waals surface area contributed by atoms with Crippen LogP contribution in [0.2, 0.25) is 0 Å². The van der Waals surface area contributed by atoms with E-state index >= 15 is 0 Å². The first kappa shape index (κ1) is 12.7. The van der Waals surface area contributed by atoms with Gasteiger partial charge in [0.1, 0.15) is 5.82 Å². The van der Waals surface area contributed by atoms with Crippen molar-refractivity contribution in [3.63, 3.8) is 0 Å². The molecule has 1 N–H and O–H groups in total. The molecule has 5 nitrogen and oxygen atoms in total. The number of nitrogens with one attached hydrogen (secondary N) is 1. The molecule has 0 radical (unpaired) electrons. The molecule has 0 saturated carbocycles. The van der Waals surface area contributed by atoms with Crippen molar-refractivity contribution in [2.75, 3.05) is 6.54 Å². The van der Waals surface area contributed by atoms with Gasteiger partial charge in [-0.2, -0.15) is 5.10 Å². The van der Waals surface area contributed by atoms with Crippen LogP contribution >= 0.6 is 0 Å². The number of nitrogens with zero attached hydrogens (tertiary/aromatic N) is 4. The summed E-state index contributed by atoms with van der Waals surface area (Å²) in [5.41, 5.74) is 0.956. The molecule has 0 bridgehead atoms. The van der Waals surface area contributed by atoms with E-state index in [-0.39, 0.29) is 0 Å². The number of imidazole rings is 1. The molecular formula is C13H19N5. The van der Waals surface area contributed by atoms with Crippen LogP contribution in [0.1, 0.15) is 31.8 Å². The molecule has 0 unspecified atom stereocenters. The van der Waals surface area contributed by atoms with E-state index < -0.39 is 0 Å². The van der Waals surface area contributed by atoms with E-state index in [0.717, 1.165) is 43.3 Å². The molecule has 2 aromatic heterocycles. The fourth-order valence-corrected chi connectivity index (χ4v) is 1.78. The Labute approximate surface area is 107 Å². The molecule has 0 saturated heterocycles. The second-order valence-electron chi connectivity index (χ2n) is 4.13. The third-order valence-corrected chi connectivity index (χ3v) is 2.70. The number of aromatic nitrogens is 4. The molecule has 0 amide bonds. The lowest BCUT2D eigenvalue weighted by Crippen LogP contribution is -2.14. The highest BCUT2D eigenvalue weighted by atomic mass is 15.2. The minimum atomic E-state index is 0.759. The van der Waals surface area contributed by atoms with E-state index in [0.29, 0.717) is 0 Å². The van der Waals surface area contributed by atoms with Gasteiger partial charge in [-0.1, -0.05) is 13.8 Å². The molecule has 0 aliphatic heterocycles. The van der Waals surface area contributed by atoms with Crippen LogP contribution in [0.25, 0.3) is 5.82 Å². The summed E-state index contributed by atoms with van der Waals surface area (Å²) in [6.07, 6.45) is 5.76. The summed E-state index contributed by atoms with van der Waals surface area (Å²) >= 11 is 0. The van der Waals surface area contributed by atoms with Gasteiger partial charge in [-0.25, -0.2) is 4.98 Å². The summed E-state index contributed by atoms with van der Waals surface area (Å²) in [5.74, 6) is 1.86. The Morgan fingerprint density at radius 3 is 2.78 bits per heavy atom. The zero-order valence-electron chi connectivity index (χ0n) is 10.9. The minimum Gasteiger partial charge on any atom is -0.311 e. The maximum Gasteiger partial charge on any atom is 0.160 e. The first-order chi connectivity index (χ1) is 8.85. The molecule has 96 valence electrons. The van der Waals surface area contributed by atoms with Crippen LogP contribution in [0.3, 0.4) is 0 Å². The fourth-order valence-electron chi connectivity index (χ4n) is 1.78. The summed E-state index contributed by atoms with van der Waals surface area (Å²) in [4.78, 5) is 4.34. The average Bonchev–Trinajstić information content (AvgIpc) is 2.86. The monoisotopic (exact) mass is 245 g/mol. The van der Waals surface area contributed by atoms with Crippen molar-refractivity contribution in [3.8, 4) is 5.82 Å². The lowest BCUT2D eigenvalue weighted by molar-refractivity contribution is 0.693. The van der Waals surface area contributed by atoms with Crippen molar-refractivity contribution >= 4 is 0 Å². The largest absolute Gasteiger partial charge is 0.311 e. The van der Waals surface area contributed by atoms with Gasteiger partial charge in [-0.05, 0) is 25.1 Å². The van der Waals surface area contributed by atoms with Gasteiger partial charge in [0.15, 0.2) is 5.82 Å². The van der Waals surface area contributed by atoms with Gasteiger partial charge in [0.25, 0.3) is 0 Å². The standard InChI is InChI=1S/C13H19N5/c1-3-5-12-15-8-9-18(12)13-7-6-11(16-17-13)10-14-4-2/h6-9,14H,3-5,10H2,1-2H3. The molecule has 2 aromatic rings. The highest BCUT2D eigenvalue weighted by Crippen LogP contribution is 2.09. The van der Waals surface area contributed by atoms with Crippen molar-refractivity contribution in [2.45, 2.75) is 33.2 Å². The van der Waals surface area contributed by atoms with Crippen molar-refractivity contribution in [1.29, 1.82) is 0 Å². The number of rotatable bonds is 6. The van der Waals surface area contributed by atoms with Crippen molar-refractivity contribution in [3.05, 3.63) is 36.0 Å². The van der Waals surface area contributed by atoms with E-state index in [9.17, 15) is 0 Å². The van der Waals surface area contributed by atoms with Gasteiger partial charge in [-0.3, -0.25) is 4.57 Å². The Hall–Kier alpha value is -1.75. The van der Waals surface area contributed by atoms with E-state index in [2.05, 4.69) is 34.3 Å². The Balaban J connectivity index is 2.15. The predicted molar refractivity (Wildman–Crippen MR) is 70.5 cm³/mol. The third kappa shape index (κ3) is 2.92. The van der Waals surface area contributed by atoms with Crippen LogP contribution < -0.4 is 5.32 Å². The van der Waals surface area contributed by atoms with E-state index in [1.807, 2.05) is 22.9 Å². The summed E-state index contributed by atoms with van der Waals surface area (Å²) < 4.78 is 1.99. The van der Waals surface area contributed by atoms with Gasteiger partial charge in [0.2, 0.25) is 0 Å². The highest BCUT2D eigenvalue weighted by molar-refractivity contribution is 5.24. The number of hydrogen-bond donors (Lipinski definition) is 1. The highest BCUT2D eigenvalue weighted by Gasteiger charge is 2.05. The topological polar surface area (TPSA) is 55.6 Å². The van der Waals surface area contributed by atoms with Gasteiger partial charge >= 0.3 is 0 Å². The van der Waals surface area contributed by atoms with Crippen molar-refractivity contribution in [2.24, 2.45) is 0 Å². The first-order valence-electron chi connectivity index (χ1n) is 6.41. The first-order valence-corrected chi connectivity index (χ1v) is 6.41. The smallest absolute Gasteiger partial charge is 0.160 e. The molecule has 0 aromatic carbocycles. The van der Waals surface area contributed by atoms with E-state index in [1.54, 1.807) is 6.20 Å². The normalized spacial score (nSPS) is 10.8. The molecule has 0 aliphatic carbocycles. The lowest BCUT2D eigenvalue weighted by Gasteiger charge is -2.06.